The van der Waals surface area contributed by atoms with Crippen molar-refractivity contribution in [2.24, 2.45) is 0 Å². The second kappa shape index (κ2) is 5.63. The van der Waals surface area contributed by atoms with Gasteiger partial charge in [0.2, 0.25) is 0 Å². The summed E-state index contributed by atoms with van der Waals surface area (Å²) >= 11 is 0. The molecule has 0 aromatic carbocycles. The van der Waals surface area contributed by atoms with E-state index in [1.54, 1.807) is 19.3 Å². The minimum atomic E-state index is -4.47. The van der Waals surface area contributed by atoms with E-state index in [0.717, 1.165) is 24.8 Å². The van der Waals surface area contributed by atoms with E-state index in [-0.39, 0.29) is 5.82 Å². The molecule has 3 heterocycles. The number of halogens is 3. The molecule has 0 aliphatic carbocycles. The van der Waals surface area contributed by atoms with Crippen molar-refractivity contribution in [2.75, 3.05) is 6.54 Å². The monoisotopic (exact) mass is 325 g/mol. The van der Waals surface area contributed by atoms with E-state index in [0.29, 0.717) is 18.7 Å². The molecule has 2 aromatic rings. The number of aryl methyl sites for hydroxylation is 1. The Morgan fingerprint density at radius 2 is 2.13 bits per heavy atom. The smallest absolute Gasteiger partial charge is 0.433 e. The van der Waals surface area contributed by atoms with Crippen LogP contribution in [0.25, 0.3) is 0 Å². The first-order valence-corrected chi connectivity index (χ1v) is 7.50. The van der Waals surface area contributed by atoms with E-state index >= 15 is 0 Å². The van der Waals surface area contributed by atoms with E-state index < -0.39 is 17.4 Å². The predicted molar refractivity (Wildman–Crippen MR) is 77.5 cm³/mol. The number of likely N-dealkylation sites (tertiary alicyclic amines) is 1. The molecule has 4 nitrogen and oxygen atoms in total. The third-order valence-corrected chi connectivity index (χ3v) is 4.34. The first-order chi connectivity index (χ1) is 10.8. The summed E-state index contributed by atoms with van der Waals surface area (Å²) in [5.41, 5.74) is -1.18. The molecule has 1 aliphatic heterocycles. The molecule has 1 unspecified atom stereocenters. The quantitative estimate of drug-likeness (QED) is 0.858. The van der Waals surface area contributed by atoms with E-state index in [4.69, 9.17) is 4.42 Å². The maximum absolute atomic E-state index is 13.0. The molecular weight excluding hydrogens is 307 g/mol. The van der Waals surface area contributed by atoms with E-state index in [9.17, 15) is 13.2 Å². The normalized spacial score (nSPS) is 22.7. The third-order valence-electron chi connectivity index (χ3n) is 4.34. The lowest BCUT2D eigenvalue weighted by molar-refractivity contribution is -0.141. The Labute approximate surface area is 132 Å². The van der Waals surface area contributed by atoms with Crippen LogP contribution >= 0.6 is 0 Å². The molecule has 124 valence electrons. The van der Waals surface area contributed by atoms with Crippen LogP contribution in [-0.4, -0.2) is 21.4 Å². The molecule has 0 radical (unpaired) electrons. The highest BCUT2D eigenvalue weighted by Crippen LogP contribution is 2.39. The van der Waals surface area contributed by atoms with Gasteiger partial charge in [0.1, 0.15) is 17.3 Å². The fourth-order valence-electron chi connectivity index (χ4n) is 3.07. The van der Waals surface area contributed by atoms with Crippen LogP contribution in [0.3, 0.4) is 0 Å². The number of hydrogen-bond acceptors (Lipinski definition) is 4. The first kappa shape index (κ1) is 16.0. The van der Waals surface area contributed by atoms with Crippen molar-refractivity contribution >= 4 is 0 Å². The Bertz CT molecular complexity index is 684. The van der Waals surface area contributed by atoms with Gasteiger partial charge in [-0.25, -0.2) is 9.97 Å². The lowest BCUT2D eigenvalue weighted by atomic mass is 9.97. The van der Waals surface area contributed by atoms with Crippen LogP contribution in [-0.2, 0) is 18.3 Å². The van der Waals surface area contributed by atoms with Crippen LogP contribution in [0.5, 0.6) is 0 Å². The van der Waals surface area contributed by atoms with Crippen molar-refractivity contribution in [1.29, 1.82) is 0 Å². The van der Waals surface area contributed by atoms with Crippen LogP contribution in [0.1, 0.15) is 42.7 Å². The predicted octanol–water partition coefficient (Wildman–Crippen LogP) is 3.91. The fourth-order valence-corrected chi connectivity index (χ4v) is 3.07. The molecule has 0 bridgehead atoms. The van der Waals surface area contributed by atoms with Gasteiger partial charge < -0.3 is 4.42 Å². The van der Waals surface area contributed by atoms with E-state index in [2.05, 4.69) is 14.9 Å². The molecule has 1 saturated heterocycles. The van der Waals surface area contributed by atoms with E-state index in [1.165, 1.54) is 0 Å². The molecule has 1 fully saturated rings. The van der Waals surface area contributed by atoms with Gasteiger partial charge in [0.05, 0.1) is 18.3 Å². The maximum Gasteiger partial charge on any atom is 0.433 e. The van der Waals surface area contributed by atoms with Gasteiger partial charge in [-0.1, -0.05) is 0 Å². The number of rotatable bonds is 3. The van der Waals surface area contributed by atoms with Gasteiger partial charge in [-0.05, 0) is 51.4 Å². The average Bonchev–Trinajstić information content (AvgIpc) is 3.09. The number of nitrogens with zero attached hydrogens (tertiary/aromatic N) is 3. The summed E-state index contributed by atoms with van der Waals surface area (Å²) in [7, 11) is 0. The minimum Gasteiger partial charge on any atom is -0.468 e. The van der Waals surface area contributed by atoms with Crippen LogP contribution in [0.2, 0.25) is 0 Å². The number of aromatic nitrogens is 2. The molecular formula is C16H18F3N3O. The second-order valence-corrected chi connectivity index (χ2v) is 6.09. The SMILES string of the molecule is Cc1cc(C(F)(F)F)nc(C2(C)CCCN2Cc2ccco2)n1. The van der Waals surface area contributed by atoms with Crippen LogP contribution in [0.4, 0.5) is 13.2 Å². The number of furan rings is 1. The van der Waals surface area contributed by atoms with Gasteiger partial charge in [0.25, 0.3) is 0 Å². The van der Waals surface area contributed by atoms with Crippen molar-refractivity contribution in [3.63, 3.8) is 0 Å². The van der Waals surface area contributed by atoms with Gasteiger partial charge in [0, 0.05) is 5.69 Å². The van der Waals surface area contributed by atoms with Gasteiger partial charge in [-0.15, -0.1) is 0 Å². The first-order valence-electron chi connectivity index (χ1n) is 7.50. The largest absolute Gasteiger partial charge is 0.468 e. The van der Waals surface area contributed by atoms with Crippen molar-refractivity contribution in [3.05, 3.63) is 47.4 Å². The molecule has 1 atom stereocenters. The van der Waals surface area contributed by atoms with Crippen molar-refractivity contribution < 1.29 is 17.6 Å². The lowest BCUT2D eigenvalue weighted by Gasteiger charge is -2.33. The zero-order chi connectivity index (χ0) is 16.7. The van der Waals surface area contributed by atoms with Crippen LogP contribution in [0, 0.1) is 6.92 Å². The molecule has 1 aliphatic rings. The average molecular weight is 325 g/mol. The molecule has 0 amide bonds. The van der Waals surface area contributed by atoms with Crippen molar-refractivity contribution in [3.8, 4) is 0 Å². The Hall–Kier alpha value is -1.89. The highest BCUT2D eigenvalue weighted by molar-refractivity contribution is 5.18. The van der Waals surface area contributed by atoms with Gasteiger partial charge >= 0.3 is 6.18 Å². The number of hydrogen-bond donors (Lipinski definition) is 0. The highest BCUT2D eigenvalue weighted by atomic mass is 19.4. The molecule has 0 spiro atoms. The van der Waals surface area contributed by atoms with Gasteiger partial charge in [-0.2, -0.15) is 13.2 Å². The summed E-state index contributed by atoms with van der Waals surface area (Å²) in [5, 5.41) is 0. The molecule has 23 heavy (non-hydrogen) atoms. The molecule has 0 N–H and O–H groups in total. The van der Waals surface area contributed by atoms with Gasteiger partial charge in [0.15, 0.2) is 0 Å². The summed E-state index contributed by atoms with van der Waals surface area (Å²) in [4.78, 5) is 10.2. The molecule has 3 rings (SSSR count). The molecule has 2 aromatic heterocycles. The van der Waals surface area contributed by atoms with Crippen LogP contribution in [0.15, 0.2) is 28.9 Å². The zero-order valence-corrected chi connectivity index (χ0v) is 13.0. The van der Waals surface area contributed by atoms with Crippen LogP contribution < -0.4 is 0 Å². The lowest BCUT2D eigenvalue weighted by Crippen LogP contribution is -2.40. The second-order valence-electron chi connectivity index (χ2n) is 6.09. The molecule has 7 heteroatoms. The van der Waals surface area contributed by atoms with Gasteiger partial charge in [-0.3, -0.25) is 4.90 Å². The molecule has 0 saturated carbocycles. The Morgan fingerprint density at radius 3 is 2.78 bits per heavy atom. The Balaban J connectivity index is 1.96. The minimum absolute atomic E-state index is 0.230. The third kappa shape index (κ3) is 3.10. The summed E-state index contributed by atoms with van der Waals surface area (Å²) in [6, 6.07) is 4.64. The summed E-state index contributed by atoms with van der Waals surface area (Å²) in [5.74, 6) is 1.01. The summed E-state index contributed by atoms with van der Waals surface area (Å²) in [6.45, 7) is 4.77. The zero-order valence-electron chi connectivity index (χ0n) is 13.0. The van der Waals surface area contributed by atoms with Crippen molar-refractivity contribution in [1.82, 2.24) is 14.9 Å². The van der Waals surface area contributed by atoms with E-state index in [1.807, 2.05) is 13.0 Å². The Morgan fingerprint density at radius 1 is 1.35 bits per heavy atom. The maximum atomic E-state index is 13.0. The number of alkyl halides is 3. The summed E-state index contributed by atoms with van der Waals surface area (Å²) < 4.78 is 44.5. The van der Waals surface area contributed by atoms with Crippen molar-refractivity contribution in [2.45, 2.75) is 44.9 Å². The fraction of sp³-hybridized carbons (Fsp3) is 0.500. The topological polar surface area (TPSA) is 42.2 Å². The Kier molecular flexibility index (Phi) is 3.91. The standard InChI is InChI=1S/C16H18F3N3O/c1-11-9-13(16(17,18)19)21-14(20-11)15(2)6-4-7-22(15)10-12-5-3-8-23-12/h3,5,8-9H,4,6-7,10H2,1-2H3. The highest BCUT2D eigenvalue weighted by Gasteiger charge is 2.43. The summed E-state index contributed by atoms with van der Waals surface area (Å²) in [6.07, 6.45) is -1.28.